The molecule has 5 nitrogen and oxygen atoms in total. The van der Waals surface area contributed by atoms with Crippen LogP contribution in [0, 0.1) is 0 Å². The van der Waals surface area contributed by atoms with Crippen LogP contribution in [0.2, 0.25) is 0 Å². The molecule has 0 fully saturated rings. The standard InChI is InChI=1S/C19H18F3N3O2/c1-25(11-13-7-9-14(10-8-13)19(20,21)22)12-17-23-18(24-27-17)15-5-3-4-6-16(15)26-2/h3-10H,11-12H2,1-2H3. The predicted octanol–water partition coefficient (Wildman–Crippen LogP) is 4.40. The minimum atomic E-state index is -4.33. The Kier molecular flexibility index (Phi) is 5.46. The average Bonchev–Trinajstić information content (AvgIpc) is 3.09. The van der Waals surface area contributed by atoms with Gasteiger partial charge in [-0.25, -0.2) is 0 Å². The molecule has 0 atom stereocenters. The monoisotopic (exact) mass is 377 g/mol. The predicted molar refractivity (Wildman–Crippen MR) is 92.9 cm³/mol. The van der Waals surface area contributed by atoms with Gasteiger partial charge < -0.3 is 9.26 Å². The second kappa shape index (κ2) is 7.79. The molecule has 0 spiro atoms. The number of hydrogen-bond acceptors (Lipinski definition) is 5. The molecule has 0 amide bonds. The molecule has 1 aromatic heterocycles. The second-order valence-corrected chi connectivity index (χ2v) is 6.08. The summed E-state index contributed by atoms with van der Waals surface area (Å²) in [6.45, 7) is 0.813. The largest absolute Gasteiger partial charge is 0.496 e. The first-order valence-corrected chi connectivity index (χ1v) is 8.17. The maximum Gasteiger partial charge on any atom is 0.416 e. The van der Waals surface area contributed by atoms with Crippen molar-refractivity contribution in [2.45, 2.75) is 19.3 Å². The quantitative estimate of drug-likeness (QED) is 0.637. The number of alkyl halides is 3. The van der Waals surface area contributed by atoms with Gasteiger partial charge in [-0.15, -0.1) is 0 Å². The zero-order valence-electron chi connectivity index (χ0n) is 14.8. The van der Waals surface area contributed by atoms with Crippen molar-refractivity contribution in [3.05, 3.63) is 65.5 Å². The molecule has 1 heterocycles. The normalized spacial score (nSPS) is 11.8. The molecule has 27 heavy (non-hydrogen) atoms. The van der Waals surface area contributed by atoms with Gasteiger partial charge in [0.25, 0.3) is 0 Å². The maximum absolute atomic E-state index is 12.6. The van der Waals surface area contributed by atoms with E-state index >= 15 is 0 Å². The number of aromatic nitrogens is 2. The third-order valence-corrected chi connectivity index (χ3v) is 3.95. The molecule has 0 aliphatic rings. The maximum atomic E-state index is 12.6. The van der Waals surface area contributed by atoms with E-state index in [0.717, 1.165) is 23.3 Å². The fraction of sp³-hybridized carbons (Fsp3) is 0.263. The molecule has 0 unspecified atom stereocenters. The summed E-state index contributed by atoms with van der Waals surface area (Å²) in [5.74, 6) is 1.47. The van der Waals surface area contributed by atoms with Gasteiger partial charge in [0.05, 0.1) is 24.8 Å². The zero-order chi connectivity index (χ0) is 19.4. The first-order chi connectivity index (χ1) is 12.9. The van der Waals surface area contributed by atoms with E-state index in [4.69, 9.17) is 9.26 Å². The molecule has 0 N–H and O–H groups in total. The molecule has 8 heteroatoms. The van der Waals surface area contributed by atoms with Crippen molar-refractivity contribution >= 4 is 0 Å². The number of rotatable bonds is 6. The van der Waals surface area contributed by atoms with E-state index in [-0.39, 0.29) is 0 Å². The van der Waals surface area contributed by atoms with Crippen LogP contribution in [0.15, 0.2) is 53.1 Å². The number of ether oxygens (including phenoxy) is 1. The van der Waals surface area contributed by atoms with Crippen LogP contribution in [0.3, 0.4) is 0 Å². The van der Waals surface area contributed by atoms with Crippen molar-refractivity contribution in [2.24, 2.45) is 0 Å². The number of benzene rings is 2. The number of para-hydroxylation sites is 1. The van der Waals surface area contributed by atoms with Crippen molar-refractivity contribution in [1.82, 2.24) is 15.0 Å². The Bertz CT molecular complexity index is 892. The highest BCUT2D eigenvalue weighted by Gasteiger charge is 2.29. The van der Waals surface area contributed by atoms with Gasteiger partial charge in [0.15, 0.2) is 0 Å². The lowest BCUT2D eigenvalue weighted by Crippen LogP contribution is -2.17. The summed E-state index contributed by atoms with van der Waals surface area (Å²) in [6.07, 6.45) is -4.33. The summed E-state index contributed by atoms with van der Waals surface area (Å²) in [4.78, 5) is 6.25. The Morgan fingerprint density at radius 2 is 1.74 bits per heavy atom. The molecule has 3 aromatic rings. The van der Waals surface area contributed by atoms with Gasteiger partial charge in [0, 0.05) is 6.54 Å². The van der Waals surface area contributed by atoms with Crippen LogP contribution in [0.25, 0.3) is 11.4 Å². The highest BCUT2D eigenvalue weighted by Crippen LogP contribution is 2.29. The SMILES string of the molecule is COc1ccccc1-c1noc(CN(C)Cc2ccc(C(F)(F)F)cc2)n1. The lowest BCUT2D eigenvalue weighted by Gasteiger charge is -2.15. The molecule has 142 valence electrons. The van der Waals surface area contributed by atoms with Gasteiger partial charge in [0.2, 0.25) is 11.7 Å². The van der Waals surface area contributed by atoms with Crippen LogP contribution in [-0.4, -0.2) is 29.2 Å². The molecule has 2 aromatic carbocycles. The van der Waals surface area contributed by atoms with E-state index in [2.05, 4.69) is 10.1 Å². The van der Waals surface area contributed by atoms with Gasteiger partial charge in [-0.05, 0) is 36.9 Å². The Morgan fingerprint density at radius 3 is 2.41 bits per heavy atom. The van der Waals surface area contributed by atoms with Crippen molar-refractivity contribution in [3.63, 3.8) is 0 Å². The van der Waals surface area contributed by atoms with Gasteiger partial charge in [-0.2, -0.15) is 18.2 Å². The van der Waals surface area contributed by atoms with Crippen LogP contribution in [0.5, 0.6) is 5.75 Å². The van der Waals surface area contributed by atoms with Gasteiger partial charge in [-0.3, -0.25) is 4.90 Å². The Morgan fingerprint density at radius 1 is 1.04 bits per heavy atom. The topological polar surface area (TPSA) is 51.4 Å². The summed E-state index contributed by atoms with van der Waals surface area (Å²) < 4.78 is 48.4. The number of hydrogen-bond donors (Lipinski definition) is 0. The minimum absolute atomic E-state index is 0.364. The molecule has 0 saturated carbocycles. The zero-order valence-corrected chi connectivity index (χ0v) is 14.8. The summed E-state index contributed by atoms with van der Waals surface area (Å²) >= 11 is 0. The summed E-state index contributed by atoms with van der Waals surface area (Å²) in [6, 6.07) is 12.4. The van der Waals surface area contributed by atoms with Crippen LogP contribution in [0.4, 0.5) is 13.2 Å². The Labute approximate surface area is 154 Å². The van der Waals surface area contributed by atoms with E-state index in [9.17, 15) is 13.2 Å². The minimum Gasteiger partial charge on any atom is -0.496 e. The molecule has 3 rings (SSSR count). The molecule has 0 bridgehead atoms. The third kappa shape index (κ3) is 4.65. The highest BCUT2D eigenvalue weighted by atomic mass is 19.4. The summed E-state index contributed by atoms with van der Waals surface area (Å²) in [5.41, 5.74) is 0.822. The third-order valence-electron chi connectivity index (χ3n) is 3.95. The summed E-state index contributed by atoms with van der Waals surface area (Å²) in [7, 11) is 3.39. The van der Waals surface area contributed by atoms with Crippen molar-refractivity contribution in [1.29, 1.82) is 0 Å². The fourth-order valence-corrected chi connectivity index (χ4v) is 2.66. The van der Waals surface area contributed by atoms with E-state index in [1.165, 1.54) is 12.1 Å². The highest BCUT2D eigenvalue weighted by molar-refractivity contribution is 5.63. The second-order valence-electron chi connectivity index (χ2n) is 6.08. The lowest BCUT2D eigenvalue weighted by atomic mass is 10.1. The van der Waals surface area contributed by atoms with Gasteiger partial charge in [-0.1, -0.05) is 29.4 Å². The number of methoxy groups -OCH3 is 1. The number of halogens is 3. The lowest BCUT2D eigenvalue weighted by molar-refractivity contribution is -0.137. The van der Waals surface area contributed by atoms with Crippen LogP contribution >= 0.6 is 0 Å². The van der Waals surface area contributed by atoms with Crippen molar-refractivity contribution in [3.8, 4) is 17.1 Å². The van der Waals surface area contributed by atoms with Crippen LogP contribution in [-0.2, 0) is 19.3 Å². The first-order valence-electron chi connectivity index (χ1n) is 8.17. The van der Waals surface area contributed by atoms with E-state index in [0.29, 0.717) is 30.6 Å². The van der Waals surface area contributed by atoms with Crippen LogP contribution in [0.1, 0.15) is 17.0 Å². The van der Waals surface area contributed by atoms with Gasteiger partial charge >= 0.3 is 6.18 Å². The average molecular weight is 377 g/mol. The Hall–Kier alpha value is -2.87. The first kappa shape index (κ1) is 18.9. The number of nitrogens with zero attached hydrogens (tertiary/aromatic N) is 3. The molecular weight excluding hydrogens is 359 g/mol. The van der Waals surface area contributed by atoms with Crippen LogP contribution < -0.4 is 4.74 Å². The van der Waals surface area contributed by atoms with Crippen molar-refractivity contribution < 1.29 is 22.4 Å². The Balaban J connectivity index is 1.65. The smallest absolute Gasteiger partial charge is 0.416 e. The molecule has 0 aliphatic carbocycles. The molecule has 0 aliphatic heterocycles. The van der Waals surface area contributed by atoms with E-state index in [1.54, 1.807) is 7.11 Å². The molecule has 0 radical (unpaired) electrons. The van der Waals surface area contributed by atoms with E-state index in [1.807, 2.05) is 36.2 Å². The summed E-state index contributed by atoms with van der Waals surface area (Å²) in [5, 5.41) is 3.98. The van der Waals surface area contributed by atoms with E-state index < -0.39 is 11.7 Å². The fourth-order valence-electron chi connectivity index (χ4n) is 2.66. The van der Waals surface area contributed by atoms with Gasteiger partial charge in [0.1, 0.15) is 5.75 Å². The molecular formula is C19H18F3N3O2. The van der Waals surface area contributed by atoms with Crippen molar-refractivity contribution in [2.75, 3.05) is 14.2 Å². The molecule has 0 saturated heterocycles.